The van der Waals surface area contributed by atoms with Gasteiger partial charge in [0.25, 0.3) is 0 Å². The maximum absolute atomic E-state index is 11.7. The summed E-state index contributed by atoms with van der Waals surface area (Å²) in [5.41, 5.74) is 1.15. The van der Waals surface area contributed by atoms with E-state index < -0.39 is 0 Å². The SMILES string of the molecule is CCCC(=O)Nc1nonc1-c1ccc(OC)c(OC)c1. The highest BCUT2D eigenvalue weighted by Crippen LogP contribution is 2.33. The van der Waals surface area contributed by atoms with Crippen LogP contribution in [0.5, 0.6) is 11.5 Å². The van der Waals surface area contributed by atoms with Crippen LogP contribution >= 0.6 is 0 Å². The van der Waals surface area contributed by atoms with E-state index in [4.69, 9.17) is 14.1 Å². The van der Waals surface area contributed by atoms with Crippen LogP contribution < -0.4 is 14.8 Å². The van der Waals surface area contributed by atoms with E-state index in [0.717, 1.165) is 6.42 Å². The summed E-state index contributed by atoms with van der Waals surface area (Å²) in [6, 6.07) is 5.28. The van der Waals surface area contributed by atoms with E-state index in [1.807, 2.05) is 6.92 Å². The van der Waals surface area contributed by atoms with Gasteiger partial charge in [0, 0.05) is 12.0 Å². The van der Waals surface area contributed by atoms with Crippen LogP contribution in [0, 0.1) is 0 Å². The number of ether oxygens (including phenoxy) is 2. The van der Waals surface area contributed by atoms with Crippen molar-refractivity contribution in [3.05, 3.63) is 18.2 Å². The number of carbonyl (C=O) groups excluding carboxylic acids is 1. The zero-order valence-electron chi connectivity index (χ0n) is 12.2. The lowest BCUT2D eigenvalue weighted by Crippen LogP contribution is -2.11. The number of hydrogen-bond donors (Lipinski definition) is 1. The first kappa shape index (κ1) is 14.8. The second kappa shape index (κ2) is 6.74. The molecule has 0 spiro atoms. The maximum atomic E-state index is 11.7. The fraction of sp³-hybridized carbons (Fsp3) is 0.357. The van der Waals surface area contributed by atoms with Gasteiger partial charge in [-0.15, -0.1) is 0 Å². The van der Waals surface area contributed by atoms with Crippen molar-refractivity contribution in [2.75, 3.05) is 19.5 Å². The smallest absolute Gasteiger partial charge is 0.225 e. The number of nitrogens with zero attached hydrogens (tertiary/aromatic N) is 2. The van der Waals surface area contributed by atoms with E-state index >= 15 is 0 Å². The number of rotatable bonds is 6. The molecule has 0 bridgehead atoms. The summed E-state index contributed by atoms with van der Waals surface area (Å²) in [7, 11) is 3.11. The molecule has 1 amide bonds. The molecule has 1 N–H and O–H groups in total. The number of aromatic nitrogens is 2. The van der Waals surface area contributed by atoms with Crippen molar-refractivity contribution in [1.29, 1.82) is 0 Å². The summed E-state index contributed by atoms with van der Waals surface area (Å²) in [5.74, 6) is 1.33. The Morgan fingerprint density at radius 3 is 2.67 bits per heavy atom. The maximum Gasteiger partial charge on any atom is 0.225 e. The summed E-state index contributed by atoms with van der Waals surface area (Å²) >= 11 is 0. The lowest BCUT2D eigenvalue weighted by molar-refractivity contribution is -0.116. The minimum atomic E-state index is -0.130. The molecule has 0 aliphatic rings. The van der Waals surface area contributed by atoms with Gasteiger partial charge in [0.2, 0.25) is 11.7 Å². The molecule has 0 radical (unpaired) electrons. The van der Waals surface area contributed by atoms with Gasteiger partial charge in [0.15, 0.2) is 17.2 Å². The Morgan fingerprint density at radius 1 is 1.24 bits per heavy atom. The van der Waals surface area contributed by atoms with Gasteiger partial charge < -0.3 is 14.8 Å². The van der Waals surface area contributed by atoms with Gasteiger partial charge in [-0.25, -0.2) is 4.63 Å². The first-order valence-corrected chi connectivity index (χ1v) is 6.54. The van der Waals surface area contributed by atoms with E-state index in [1.165, 1.54) is 0 Å². The Bertz CT molecular complexity index is 624. The van der Waals surface area contributed by atoms with Crippen LogP contribution in [0.15, 0.2) is 22.8 Å². The molecule has 0 unspecified atom stereocenters. The van der Waals surface area contributed by atoms with Gasteiger partial charge in [-0.1, -0.05) is 6.92 Å². The highest BCUT2D eigenvalue weighted by Gasteiger charge is 2.16. The van der Waals surface area contributed by atoms with E-state index in [0.29, 0.717) is 35.0 Å². The molecule has 0 saturated carbocycles. The quantitative estimate of drug-likeness (QED) is 0.880. The average molecular weight is 291 g/mol. The normalized spacial score (nSPS) is 10.2. The van der Waals surface area contributed by atoms with Gasteiger partial charge in [0.05, 0.1) is 14.2 Å². The largest absolute Gasteiger partial charge is 0.493 e. The minimum Gasteiger partial charge on any atom is -0.493 e. The molecule has 0 atom stereocenters. The molecule has 2 rings (SSSR count). The van der Waals surface area contributed by atoms with Crippen molar-refractivity contribution >= 4 is 11.7 Å². The molecule has 1 aromatic carbocycles. The molecule has 0 aliphatic heterocycles. The van der Waals surface area contributed by atoms with Crippen LogP contribution in [0.1, 0.15) is 19.8 Å². The molecule has 1 heterocycles. The van der Waals surface area contributed by atoms with E-state index in [-0.39, 0.29) is 5.91 Å². The molecule has 0 fully saturated rings. The lowest BCUT2D eigenvalue weighted by atomic mass is 10.1. The number of benzene rings is 1. The van der Waals surface area contributed by atoms with E-state index in [9.17, 15) is 4.79 Å². The Labute approximate surface area is 122 Å². The third kappa shape index (κ3) is 3.31. The van der Waals surface area contributed by atoms with E-state index in [1.54, 1.807) is 32.4 Å². The molecule has 1 aromatic heterocycles. The summed E-state index contributed by atoms with van der Waals surface area (Å²) in [6.45, 7) is 1.93. The van der Waals surface area contributed by atoms with Crippen LogP contribution in [-0.4, -0.2) is 30.4 Å². The Hall–Kier alpha value is -2.57. The molecule has 7 heteroatoms. The molecule has 7 nitrogen and oxygen atoms in total. The molecule has 112 valence electrons. The predicted octanol–water partition coefficient (Wildman–Crippen LogP) is 2.49. The highest BCUT2D eigenvalue weighted by molar-refractivity contribution is 5.93. The molecule has 2 aromatic rings. The predicted molar refractivity (Wildman–Crippen MR) is 76.4 cm³/mol. The van der Waals surface area contributed by atoms with Gasteiger partial charge >= 0.3 is 0 Å². The van der Waals surface area contributed by atoms with Crippen molar-refractivity contribution < 1.29 is 18.9 Å². The molecule has 0 saturated heterocycles. The molecular weight excluding hydrogens is 274 g/mol. The van der Waals surface area contributed by atoms with Crippen LogP contribution in [0.4, 0.5) is 5.82 Å². The molecular formula is C14H17N3O4. The summed E-state index contributed by atoms with van der Waals surface area (Å²) in [6.07, 6.45) is 1.17. The molecule has 0 aliphatic carbocycles. The Balaban J connectivity index is 2.30. The number of carbonyl (C=O) groups is 1. The molecule has 21 heavy (non-hydrogen) atoms. The van der Waals surface area contributed by atoms with Crippen molar-refractivity contribution in [2.24, 2.45) is 0 Å². The van der Waals surface area contributed by atoms with Gasteiger partial charge in [-0.3, -0.25) is 4.79 Å². The topological polar surface area (TPSA) is 86.5 Å². The van der Waals surface area contributed by atoms with Crippen LogP contribution in [0.3, 0.4) is 0 Å². The fourth-order valence-corrected chi connectivity index (χ4v) is 1.87. The number of hydrogen-bond acceptors (Lipinski definition) is 6. The Kier molecular flexibility index (Phi) is 4.76. The van der Waals surface area contributed by atoms with Gasteiger partial charge in [0.1, 0.15) is 0 Å². The summed E-state index contributed by atoms with van der Waals surface area (Å²) in [5, 5.41) is 10.2. The number of anilines is 1. The second-order valence-electron chi connectivity index (χ2n) is 4.33. The fourth-order valence-electron chi connectivity index (χ4n) is 1.87. The average Bonchev–Trinajstić information content (AvgIpc) is 2.94. The van der Waals surface area contributed by atoms with Gasteiger partial charge in [-0.2, -0.15) is 0 Å². The number of nitrogens with one attached hydrogen (secondary N) is 1. The first-order chi connectivity index (χ1) is 10.2. The third-order valence-electron chi connectivity index (χ3n) is 2.88. The van der Waals surface area contributed by atoms with Crippen LogP contribution in [-0.2, 0) is 4.79 Å². The minimum absolute atomic E-state index is 0.130. The zero-order valence-corrected chi connectivity index (χ0v) is 12.2. The van der Waals surface area contributed by atoms with Crippen molar-refractivity contribution in [2.45, 2.75) is 19.8 Å². The number of methoxy groups -OCH3 is 2. The monoisotopic (exact) mass is 291 g/mol. The highest BCUT2D eigenvalue weighted by atomic mass is 16.6. The van der Waals surface area contributed by atoms with Gasteiger partial charge in [-0.05, 0) is 34.9 Å². The summed E-state index contributed by atoms with van der Waals surface area (Å²) in [4.78, 5) is 11.7. The van der Waals surface area contributed by atoms with Crippen molar-refractivity contribution in [3.8, 4) is 22.8 Å². The second-order valence-corrected chi connectivity index (χ2v) is 4.33. The number of amides is 1. The lowest BCUT2D eigenvalue weighted by Gasteiger charge is -2.08. The third-order valence-corrected chi connectivity index (χ3v) is 2.88. The standard InChI is InChI=1S/C14H17N3O4/c1-4-5-12(18)15-14-13(16-21-17-14)9-6-7-10(19-2)11(8-9)20-3/h6-8H,4-5H2,1-3H3,(H,15,17,18). The van der Waals surface area contributed by atoms with Crippen LogP contribution in [0.25, 0.3) is 11.3 Å². The first-order valence-electron chi connectivity index (χ1n) is 6.54. The van der Waals surface area contributed by atoms with Crippen molar-refractivity contribution in [1.82, 2.24) is 10.3 Å². The Morgan fingerprint density at radius 2 is 2.00 bits per heavy atom. The van der Waals surface area contributed by atoms with Crippen molar-refractivity contribution in [3.63, 3.8) is 0 Å². The zero-order chi connectivity index (χ0) is 15.2. The van der Waals surface area contributed by atoms with E-state index in [2.05, 4.69) is 15.6 Å². The van der Waals surface area contributed by atoms with Crippen LogP contribution in [0.2, 0.25) is 0 Å². The summed E-state index contributed by atoms with van der Waals surface area (Å²) < 4.78 is 15.1.